The number of aromatic nitrogens is 1. The number of para-hydroxylation sites is 1. The van der Waals surface area contributed by atoms with Crippen LogP contribution in [0.5, 0.6) is 0 Å². The van der Waals surface area contributed by atoms with E-state index in [0.717, 1.165) is 36.3 Å². The third-order valence-corrected chi connectivity index (χ3v) is 5.00. The summed E-state index contributed by atoms with van der Waals surface area (Å²) in [7, 11) is 0. The molecule has 1 aromatic heterocycles. The van der Waals surface area contributed by atoms with E-state index >= 15 is 0 Å². The van der Waals surface area contributed by atoms with Crippen molar-refractivity contribution in [3.05, 3.63) is 35.5 Å². The molecule has 1 amide bonds. The molecular weight excluding hydrogens is 280 g/mol. The number of rotatable bonds is 3. The molecule has 2 aliphatic rings. The van der Waals surface area contributed by atoms with Gasteiger partial charge in [0.1, 0.15) is 5.69 Å². The molecule has 1 saturated heterocycles. The highest BCUT2D eigenvalue weighted by molar-refractivity contribution is 6.00. The standard InChI is InChI=1S/C17H18N2O3/c20-15(19-6-5-10-7-11(10)9-19)8-13-12-3-1-2-4-14(12)18-16(13)17(21)22/h1-4,10-11,18H,5-9H2,(H,21,22). The Morgan fingerprint density at radius 2 is 2.09 bits per heavy atom. The summed E-state index contributed by atoms with van der Waals surface area (Å²) in [5.74, 6) is 0.531. The Morgan fingerprint density at radius 3 is 2.86 bits per heavy atom. The molecule has 2 atom stereocenters. The average molecular weight is 298 g/mol. The lowest BCUT2D eigenvalue weighted by Crippen LogP contribution is -2.38. The van der Waals surface area contributed by atoms with Crippen LogP contribution in [0.15, 0.2) is 24.3 Å². The first kappa shape index (κ1) is 13.4. The lowest BCUT2D eigenvalue weighted by molar-refractivity contribution is -0.131. The number of carbonyl (C=O) groups excluding carboxylic acids is 1. The van der Waals surface area contributed by atoms with E-state index in [-0.39, 0.29) is 18.0 Å². The molecule has 22 heavy (non-hydrogen) atoms. The van der Waals surface area contributed by atoms with Crippen molar-refractivity contribution in [3.63, 3.8) is 0 Å². The minimum absolute atomic E-state index is 0.0394. The number of likely N-dealkylation sites (tertiary alicyclic amines) is 1. The summed E-state index contributed by atoms with van der Waals surface area (Å²) in [4.78, 5) is 28.8. The van der Waals surface area contributed by atoms with Crippen LogP contribution in [-0.4, -0.2) is 40.0 Å². The number of carboxylic acid groups (broad SMARTS) is 1. The van der Waals surface area contributed by atoms with E-state index in [1.54, 1.807) is 0 Å². The van der Waals surface area contributed by atoms with Crippen LogP contribution < -0.4 is 0 Å². The van der Waals surface area contributed by atoms with Crippen LogP contribution in [0.4, 0.5) is 0 Å². The molecule has 4 rings (SSSR count). The number of carbonyl (C=O) groups is 2. The number of aromatic carboxylic acids is 1. The normalized spacial score (nSPS) is 23.4. The molecule has 0 spiro atoms. The molecule has 1 aliphatic heterocycles. The van der Waals surface area contributed by atoms with Gasteiger partial charge in [-0.2, -0.15) is 0 Å². The zero-order valence-electron chi connectivity index (χ0n) is 12.2. The van der Waals surface area contributed by atoms with Gasteiger partial charge in [0.25, 0.3) is 0 Å². The fourth-order valence-electron chi connectivity index (χ4n) is 3.64. The first-order valence-electron chi connectivity index (χ1n) is 7.74. The van der Waals surface area contributed by atoms with Crippen LogP contribution in [-0.2, 0) is 11.2 Å². The Kier molecular flexibility index (Phi) is 2.96. The van der Waals surface area contributed by atoms with Gasteiger partial charge in [-0.3, -0.25) is 4.79 Å². The molecule has 0 bridgehead atoms. The van der Waals surface area contributed by atoms with Crippen LogP contribution in [0, 0.1) is 11.8 Å². The maximum atomic E-state index is 12.6. The first-order chi connectivity index (χ1) is 10.6. The number of hydrogen-bond donors (Lipinski definition) is 2. The maximum absolute atomic E-state index is 12.6. The predicted octanol–water partition coefficient (Wildman–Crippen LogP) is 2.28. The van der Waals surface area contributed by atoms with Crippen LogP contribution in [0.2, 0.25) is 0 Å². The number of nitrogens with zero attached hydrogens (tertiary/aromatic N) is 1. The lowest BCUT2D eigenvalue weighted by atomic mass is 10.0. The average Bonchev–Trinajstić information content (AvgIpc) is 3.21. The van der Waals surface area contributed by atoms with Crippen molar-refractivity contribution < 1.29 is 14.7 Å². The minimum Gasteiger partial charge on any atom is -0.477 e. The van der Waals surface area contributed by atoms with Gasteiger partial charge in [0.15, 0.2) is 0 Å². The van der Waals surface area contributed by atoms with Crippen molar-refractivity contribution in [1.82, 2.24) is 9.88 Å². The first-order valence-corrected chi connectivity index (χ1v) is 7.74. The number of hydrogen-bond acceptors (Lipinski definition) is 2. The van der Waals surface area contributed by atoms with Gasteiger partial charge in [-0.25, -0.2) is 4.79 Å². The molecule has 5 nitrogen and oxygen atoms in total. The molecule has 1 aromatic carbocycles. The Balaban J connectivity index is 1.63. The van der Waals surface area contributed by atoms with Crippen molar-refractivity contribution in [2.24, 2.45) is 11.8 Å². The van der Waals surface area contributed by atoms with Gasteiger partial charge in [0.2, 0.25) is 5.91 Å². The van der Waals surface area contributed by atoms with Gasteiger partial charge >= 0.3 is 5.97 Å². The summed E-state index contributed by atoms with van der Waals surface area (Å²) < 4.78 is 0. The SMILES string of the molecule is O=C(O)c1[nH]c2ccccc2c1CC(=O)N1CCC2CC2C1. The number of H-pyrrole nitrogens is 1. The van der Waals surface area contributed by atoms with Gasteiger partial charge < -0.3 is 15.0 Å². The number of piperidine rings is 1. The molecule has 0 radical (unpaired) electrons. The van der Waals surface area contributed by atoms with E-state index in [0.29, 0.717) is 11.5 Å². The van der Waals surface area contributed by atoms with E-state index in [1.165, 1.54) is 6.42 Å². The molecule has 5 heteroatoms. The predicted molar refractivity (Wildman–Crippen MR) is 81.8 cm³/mol. The molecule has 2 fully saturated rings. The molecular formula is C17H18N2O3. The van der Waals surface area contributed by atoms with E-state index in [1.807, 2.05) is 29.2 Å². The zero-order valence-corrected chi connectivity index (χ0v) is 12.2. The zero-order chi connectivity index (χ0) is 15.3. The third-order valence-electron chi connectivity index (χ3n) is 5.00. The van der Waals surface area contributed by atoms with Gasteiger partial charge in [-0.1, -0.05) is 18.2 Å². The fraction of sp³-hybridized carbons (Fsp3) is 0.412. The second-order valence-electron chi connectivity index (χ2n) is 6.39. The molecule has 1 aliphatic carbocycles. The van der Waals surface area contributed by atoms with Gasteiger partial charge in [0, 0.05) is 29.6 Å². The van der Waals surface area contributed by atoms with Crippen molar-refractivity contribution >= 4 is 22.8 Å². The summed E-state index contributed by atoms with van der Waals surface area (Å²) in [6.45, 7) is 1.65. The third kappa shape index (κ3) is 2.17. The molecule has 114 valence electrons. The smallest absolute Gasteiger partial charge is 0.352 e. The molecule has 2 unspecified atom stereocenters. The van der Waals surface area contributed by atoms with Crippen LogP contribution in [0.1, 0.15) is 28.9 Å². The highest BCUT2D eigenvalue weighted by Gasteiger charge is 2.42. The second-order valence-corrected chi connectivity index (χ2v) is 6.39. The van der Waals surface area contributed by atoms with Gasteiger partial charge in [0.05, 0.1) is 6.42 Å². The molecule has 2 heterocycles. The molecule has 2 N–H and O–H groups in total. The van der Waals surface area contributed by atoms with E-state index in [4.69, 9.17) is 0 Å². The highest BCUT2D eigenvalue weighted by atomic mass is 16.4. The van der Waals surface area contributed by atoms with E-state index in [2.05, 4.69) is 4.98 Å². The summed E-state index contributed by atoms with van der Waals surface area (Å²) in [5, 5.41) is 10.2. The molecule has 1 saturated carbocycles. The number of nitrogens with one attached hydrogen (secondary N) is 1. The lowest BCUT2D eigenvalue weighted by Gasteiger charge is -2.26. The van der Waals surface area contributed by atoms with Crippen molar-refractivity contribution in [2.75, 3.05) is 13.1 Å². The Hall–Kier alpha value is -2.30. The van der Waals surface area contributed by atoms with Gasteiger partial charge in [-0.15, -0.1) is 0 Å². The van der Waals surface area contributed by atoms with Crippen LogP contribution in [0.25, 0.3) is 10.9 Å². The number of amides is 1. The highest BCUT2D eigenvalue weighted by Crippen LogP contribution is 2.44. The monoisotopic (exact) mass is 298 g/mol. The van der Waals surface area contributed by atoms with E-state index in [9.17, 15) is 14.7 Å². The quantitative estimate of drug-likeness (QED) is 0.913. The Labute approximate surface area is 127 Å². The summed E-state index contributed by atoms with van der Waals surface area (Å²) in [6.07, 6.45) is 2.50. The fourth-order valence-corrected chi connectivity index (χ4v) is 3.64. The number of carboxylic acids is 1. The van der Waals surface area contributed by atoms with Crippen LogP contribution in [0.3, 0.4) is 0 Å². The second kappa shape index (κ2) is 4.87. The van der Waals surface area contributed by atoms with Crippen molar-refractivity contribution in [2.45, 2.75) is 19.3 Å². The van der Waals surface area contributed by atoms with Gasteiger partial charge in [-0.05, 0) is 30.7 Å². The summed E-state index contributed by atoms with van der Waals surface area (Å²) in [6, 6.07) is 7.43. The maximum Gasteiger partial charge on any atom is 0.352 e. The largest absolute Gasteiger partial charge is 0.477 e. The summed E-state index contributed by atoms with van der Waals surface area (Å²) >= 11 is 0. The summed E-state index contributed by atoms with van der Waals surface area (Å²) in [5.41, 5.74) is 1.51. The number of aromatic amines is 1. The van der Waals surface area contributed by atoms with Crippen molar-refractivity contribution in [1.29, 1.82) is 0 Å². The number of benzene rings is 1. The van der Waals surface area contributed by atoms with Crippen molar-refractivity contribution in [3.8, 4) is 0 Å². The Morgan fingerprint density at radius 1 is 1.27 bits per heavy atom. The Bertz CT molecular complexity index is 764. The van der Waals surface area contributed by atoms with Crippen LogP contribution >= 0.6 is 0 Å². The minimum atomic E-state index is -1.01. The molecule has 2 aromatic rings. The van der Waals surface area contributed by atoms with E-state index < -0.39 is 5.97 Å². The topological polar surface area (TPSA) is 73.4 Å². The number of fused-ring (bicyclic) bond motifs is 2.